The monoisotopic (exact) mass is 264 g/mol. The van der Waals surface area contributed by atoms with Crippen LogP contribution in [0, 0.1) is 6.92 Å². The van der Waals surface area contributed by atoms with Crippen LogP contribution in [0.1, 0.15) is 37.8 Å². The molecule has 1 amide bonds. The molecule has 0 unspecified atom stereocenters. The zero-order valence-corrected chi connectivity index (χ0v) is 10.8. The Labute approximate surface area is 102 Å². The van der Waals surface area contributed by atoms with Gasteiger partial charge in [0.15, 0.2) is 5.13 Å². The maximum absolute atomic E-state index is 12.5. The molecule has 0 saturated heterocycles. The molecule has 0 spiro atoms. The summed E-state index contributed by atoms with van der Waals surface area (Å²) < 4.78 is 29.9. The average molecular weight is 264 g/mol. The highest BCUT2D eigenvalue weighted by Gasteiger charge is 2.20. The van der Waals surface area contributed by atoms with Gasteiger partial charge in [0.2, 0.25) is 0 Å². The highest BCUT2D eigenvalue weighted by molar-refractivity contribution is 7.15. The third-order valence-corrected chi connectivity index (χ3v) is 2.55. The van der Waals surface area contributed by atoms with E-state index in [1.807, 2.05) is 0 Å². The zero-order chi connectivity index (χ0) is 13.2. The van der Waals surface area contributed by atoms with Crippen molar-refractivity contribution in [2.45, 2.75) is 39.7 Å². The van der Waals surface area contributed by atoms with Gasteiger partial charge >= 0.3 is 6.09 Å². The minimum absolute atomic E-state index is 0.118. The number of hydrogen-bond donors (Lipinski definition) is 1. The van der Waals surface area contributed by atoms with E-state index in [4.69, 9.17) is 4.74 Å². The molecule has 0 atom stereocenters. The predicted octanol–water partition coefficient (Wildman–Crippen LogP) is 3.74. The molecule has 1 N–H and O–H groups in total. The van der Waals surface area contributed by atoms with Gasteiger partial charge in [-0.15, -0.1) is 11.3 Å². The van der Waals surface area contributed by atoms with Crippen molar-refractivity contribution < 1.29 is 18.3 Å². The molecule has 0 bridgehead atoms. The van der Waals surface area contributed by atoms with E-state index in [9.17, 15) is 13.6 Å². The lowest BCUT2D eigenvalue weighted by Gasteiger charge is -2.18. The number of aromatic nitrogens is 1. The summed E-state index contributed by atoms with van der Waals surface area (Å²) in [5.74, 6) is 0. The zero-order valence-electron chi connectivity index (χ0n) is 10.0. The molecule has 1 rings (SSSR count). The maximum atomic E-state index is 12.5. The fourth-order valence-electron chi connectivity index (χ4n) is 1.06. The van der Waals surface area contributed by atoms with Gasteiger partial charge in [-0.3, -0.25) is 5.32 Å². The first-order valence-corrected chi connectivity index (χ1v) is 5.76. The van der Waals surface area contributed by atoms with Crippen molar-refractivity contribution in [3.8, 4) is 0 Å². The number of halogens is 2. The maximum Gasteiger partial charge on any atom is 0.413 e. The number of amides is 1. The fraction of sp³-hybridized carbons (Fsp3) is 0.600. The van der Waals surface area contributed by atoms with E-state index in [0.717, 1.165) is 11.3 Å². The lowest BCUT2D eigenvalue weighted by molar-refractivity contribution is 0.0635. The predicted molar refractivity (Wildman–Crippen MR) is 61.7 cm³/mol. The Morgan fingerprint density at radius 3 is 2.47 bits per heavy atom. The highest BCUT2D eigenvalue weighted by atomic mass is 32.1. The van der Waals surface area contributed by atoms with Gasteiger partial charge in [-0.25, -0.2) is 18.6 Å². The molecule has 0 fully saturated rings. The summed E-state index contributed by atoms with van der Waals surface area (Å²) >= 11 is 0.994. The molecule has 96 valence electrons. The number of hydrogen-bond acceptors (Lipinski definition) is 4. The van der Waals surface area contributed by atoms with Gasteiger partial charge in [-0.05, 0) is 27.7 Å². The molecular formula is C10H14F2N2O2S. The molecule has 0 aliphatic heterocycles. The van der Waals surface area contributed by atoms with Gasteiger partial charge in [0.05, 0.1) is 0 Å². The van der Waals surface area contributed by atoms with E-state index in [1.54, 1.807) is 20.8 Å². The van der Waals surface area contributed by atoms with Crippen LogP contribution in [0.4, 0.5) is 18.7 Å². The van der Waals surface area contributed by atoms with E-state index >= 15 is 0 Å². The van der Waals surface area contributed by atoms with Crippen LogP contribution in [0.5, 0.6) is 0 Å². The Morgan fingerprint density at radius 2 is 2.06 bits per heavy atom. The summed E-state index contributed by atoms with van der Waals surface area (Å²) in [6.45, 7) is 6.66. The Balaban J connectivity index is 2.70. The molecule has 4 nitrogen and oxygen atoms in total. The summed E-state index contributed by atoms with van der Waals surface area (Å²) in [6, 6.07) is 0. The third kappa shape index (κ3) is 4.26. The second-order valence-corrected chi connectivity index (χ2v) is 5.59. The van der Waals surface area contributed by atoms with Gasteiger partial charge in [0.25, 0.3) is 6.43 Å². The van der Waals surface area contributed by atoms with Crippen molar-refractivity contribution >= 4 is 22.6 Å². The van der Waals surface area contributed by atoms with Gasteiger partial charge in [-0.1, -0.05) is 0 Å². The van der Waals surface area contributed by atoms with Crippen LogP contribution >= 0.6 is 11.3 Å². The third-order valence-electron chi connectivity index (χ3n) is 1.65. The summed E-state index contributed by atoms with van der Waals surface area (Å²) in [5, 5.41) is 2.45. The van der Waals surface area contributed by atoms with E-state index in [1.165, 1.54) is 6.92 Å². The number of carbonyl (C=O) groups excluding carboxylic acids is 1. The minimum atomic E-state index is -2.64. The lowest BCUT2D eigenvalue weighted by Crippen LogP contribution is -2.27. The Morgan fingerprint density at radius 1 is 1.47 bits per heavy atom. The second-order valence-electron chi connectivity index (χ2n) is 4.39. The normalized spacial score (nSPS) is 11.7. The quantitative estimate of drug-likeness (QED) is 0.885. The standard InChI is InChI=1S/C10H14F2N2O2S/c1-5-6(7(11)12)13-8(17-5)14-9(15)16-10(2,3)4/h7H,1-4H3,(H,13,14,15). The Kier molecular flexibility index (Phi) is 4.03. The van der Waals surface area contributed by atoms with Crippen molar-refractivity contribution in [3.63, 3.8) is 0 Å². The number of rotatable bonds is 2. The summed E-state index contributed by atoms with van der Waals surface area (Å²) in [5.41, 5.74) is -0.942. The number of anilines is 1. The van der Waals surface area contributed by atoms with Gasteiger partial charge < -0.3 is 4.74 Å². The van der Waals surface area contributed by atoms with E-state index in [0.29, 0.717) is 4.88 Å². The molecular weight excluding hydrogens is 250 g/mol. The van der Waals surface area contributed by atoms with Crippen molar-refractivity contribution in [1.29, 1.82) is 0 Å². The number of nitrogens with zero attached hydrogens (tertiary/aromatic N) is 1. The van der Waals surface area contributed by atoms with Crippen molar-refractivity contribution in [3.05, 3.63) is 10.6 Å². The average Bonchev–Trinajstić information content (AvgIpc) is 2.42. The van der Waals surface area contributed by atoms with Crippen LogP contribution in [0.3, 0.4) is 0 Å². The van der Waals surface area contributed by atoms with Crippen LogP contribution in [0.2, 0.25) is 0 Å². The van der Waals surface area contributed by atoms with Crippen LogP contribution in [-0.4, -0.2) is 16.7 Å². The number of aryl methyl sites for hydroxylation is 1. The molecule has 1 heterocycles. The van der Waals surface area contributed by atoms with Crippen molar-refractivity contribution in [2.24, 2.45) is 0 Å². The van der Waals surface area contributed by atoms with Crippen LogP contribution in [0.15, 0.2) is 0 Å². The van der Waals surface area contributed by atoms with E-state index in [-0.39, 0.29) is 10.8 Å². The molecule has 17 heavy (non-hydrogen) atoms. The molecule has 0 aromatic carbocycles. The number of thiazole rings is 1. The van der Waals surface area contributed by atoms with Crippen LogP contribution < -0.4 is 5.32 Å². The SMILES string of the molecule is Cc1sc(NC(=O)OC(C)(C)C)nc1C(F)F. The number of carbonyl (C=O) groups is 1. The molecule has 1 aromatic rings. The van der Waals surface area contributed by atoms with Gasteiger partial charge in [-0.2, -0.15) is 0 Å². The topological polar surface area (TPSA) is 51.2 Å². The lowest BCUT2D eigenvalue weighted by atomic mass is 10.2. The first-order valence-electron chi connectivity index (χ1n) is 4.94. The molecule has 0 aliphatic carbocycles. The van der Waals surface area contributed by atoms with Crippen LogP contribution in [0.25, 0.3) is 0 Å². The molecule has 0 radical (unpaired) electrons. The molecule has 0 aliphatic rings. The number of nitrogens with one attached hydrogen (secondary N) is 1. The highest BCUT2D eigenvalue weighted by Crippen LogP contribution is 2.29. The number of ether oxygens (including phenoxy) is 1. The molecule has 7 heteroatoms. The van der Waals surface area contributed by atoms with Gasteiger partial charge in [0, 0.05) is 4.88 Å². The molecule has 0 saturated carbocycles. The second kappa shape index (κ2) is 4.95. The van der Waals surface area contributed by atoms with Crippen molar-refractivity contribution in [2.75, 3.05) is 5.32 Å². The minimum Gasteiger partial charge on any atom is -0.444 e. The Bertz CT molecular complexity index is 413. The smallest absolute Gasteiger partial charge is 0.413 e. The first kappa shape index (κ1) is 13.8. The van der Waals surface area contributed by atoms with Crippen LogP contribution in [-0.2, 0) is 4.74 Å². The van der Waals surface area contributed by atoms with Gasteiger partial charge in [0.1, 0.15) is 11.3 Å². The molecule has 1 aromatic heterocycles. The van der Waals surface area contributed by atoms with E-state index in [2.05, 4.69) is 10.3 Å². The number of alkyl halides is 2. The largest absolute Gasteiger partial charge is 0.444 e. The summed E-state index contributed by atoms with van der Waals surface area (Å²) in [4.78, 5) is 15.4. The fourth-order valence-corrected chi connectivity index (χ4v) is 1.86. The Hall–Kier alpha value is -1.24. The van der Waals surface area contributed by atoms with Crippen molar-refractivity contribution in [1.82, 2.24) is 4.98 Å². The summed E-state index contributed by atoms with van der Waals surface area (Å²) in [6.07, 6.45) is -3.34. The summed E-state index contributed by atoms with van der Waals surface area (Å²) in [7, 11) is 0. The van der Waals surface area contributed by atoms with E-state index < -0.39 is 18.1 Å². The first-order chi connectivity index (χ1) is 7.69.